The Morgan fingerprint density at radius 3 is 2.62 bits per heavy atom. The largest absolute Gasteiger partial charge is 0.416 e. The van der Waals surface area contributed by atoms with E-state index < -0.39 is 17.6 Å². The molecule has 3 aromatic rings. The summed E-state index contributed by atoms with van der Waals surface area (Å²) in [5.74, 6) is 0.0108. The molecule has 1 unspecified atom stereocenters. The molecule has 1 spiro atoms. The molecule has 2 aromatic carbocycles. The molecule has 3 aliphatic heterocycles. The van der Waals surface area contributed by atoms with Crippen molar-refractivity contribution >= 4 is 28.8 Å². The summed E-state index contributed by atoms with van der Waals surface area (Å²) >= 11 is 1.51. The van der Waals surface area contributed by atoms with Crippen LogP contribution in [0, 0.1) is 11.3 Å². The summed E-state index contributed by atoms with van der Waals surface area (Å²) in [4.78, 5) is 31.6. The summed E-state index contributed by atoms with van der Waals surface area (Å²) < 4.78 is 43.7. The lowest BCUT2D eigenvalue weighted by atomic mass is 9.59. The standard InChI is InChI=1S/C34H36F3N5O2S/c1-4-29(43)41-11-9-32(19-41)8-10-40(18-32)22(3)23-12-26-27(28(13-23)34(35,36)37)17-42(30(26)44)25-7-5-6-24(14-25)33(15-21(2)16-33)31-39-38-20-45-31/h4-7,12-14,20-22H,1,8-11,15-19H2,2-3H3/t21?,22?,32-,33?/m0/s1. The fourth-order valence-corrected chi connectivity index (χ4v) is 9.05. The molecule has 0 N–H and O–H groups in total. The first-order valence-corrected chi connectivity index (χ1v) is 16.4. The smallest absolute Gasteiger partial charge is 0.339 e. The topological polar surface area (TPSA) is 69.6 Å². The molecular weight excluding hydrogens is 599 g/mol. The van der Waals surface area contributed by atoms with Gasteiger partial charge in [0, 0.05) is 47.8 Å². The summed E-state index contributed by atoms with van der Waals surface area (Å²) in [5, 5.41) is 9.35. The third-order valence-corrected chi connectivity index (χ3v) is 11.6. The van der Waals surface area contributed by atoms with Gasteiger partial charge in [-0.1, -0.05) is 25.6 Å². The number of fused-ring (bicyclic) bond motifs is 1. The Labute approximate surface area is 264 Å². The first-order chi connectivity index (χ1) is 21.4. The molecule has 3 fully saturated rings. The van der Waals surface area contributed by atoms with Crippen LogP contribution in [0.4, 0.5) is 18.9 Å². The van der Waals surface area contributed by atoms with Crippen LogP contribution in [0.25, 0.3) is 0 Å². The summed E-state index contributed by atoms with van der Waals surface area (Å²) in [6, 6.07) is 10.2. The van der Waals surface area contributed by atoms with E-state index >= 15 is 0 Å². The number of anilines is 1. The van der Waals surface area contributed by atoms with Crippen LogP contribution in [0.15, 0.2) is 54.6 Å². The Bertz CT molecular complexity index is 1670. The number of hydrogen-bond donors (Lipinski definition) is 0. The molecule has 1 aromatic heterocycles. The Hall–Kier alpha value is -3.57. The van der Waals surface area contributed by atoms with Crippen LogP contribution < -0.4 is 4.90 Å². The number of rotatable bonds is 6. The predicted molar refractivity (Wildman–Crippen MR) is 166 cm³/mol. The van der Waals surface area contributed by atoms with Crippen molar-refractivity contribution < 1.29 is 22.8 Å². The van der Waals surface area contributed by atoms with Crippen LogP contribution >= 0.6 is 11.3 Å². The number of hydrogen-bond acceptors (Lipinski definition) is 6. The van der Waals surface area contributed by atoms with Crippen molar-refractivity contribution in [2.24, 2.45) is 11.3 Å². The van der Waals surface area contributed by atoms with Gasteiger partial charge in [0.05, 0.1) is 12.1 Å². The second-order valence-corrected chi connectivity index (χ2v) is 14.3. The highest BCUT2D eigenvalue weighted by molar-refractivity contribution is 7.09. The maximum Gasteiger partial charge on any atom is 0.416 e. The van der Waals surface area contributed by atoms with Gasteiger partial charge in [0.25, 0.3) is 5.91 Å². The zero-order chi connectivity index (χ0) is 31.7. The van der Waals surface area contributed by atoms with Crippen LogP contribution in [-0.2, 0) is 22.9 Å². The van der Waals surface area contributed by atoms with Crippen molar-refractivity contribution in [3.8, 4) is 0 Å². The highest BCUT2D eigenvalue weighted by Crippen LogP contribution is 2.53. The van der Waals surface area contributed by atoms with Gasteiger partial charge in [-0.2, -0.15) is 13.2 Å². The second-order valence-electron chi connectivity index (χ2n) is 13.5. The molecule has 4 aliphatic rings. The third-order valence-electron chi connectivity index (χ3n) is 10.7. The molecule has 11 heteroatoms. The van der Waals surface area contributed by atoms with E-state index in [0.717, 1.165) is 42.8 Å². The van der Waals surface area contributed by atoms with Crippen molar-refractivity contribution in [3.63, 3.8) is 0 Å². The lowest BCUT2D eigenvalue weighted by molar-refractivity contribution is -0.138. The predicted octanol–water partition coefficient (Wildman–Crippen LogP) is 6.60. The van der Waals surface area contributed by atoms with Crippen LogP contribution in [0.5, 0.6) is 0 Å². The minimum absolute atomic E-state index is 0.0252. The highest BCUT2D eigenvalue weighted by Gasteiger charge is 2.49. The Balaban J connectivity index is 1.17. The molecule has 236 valence electrons. The van der Waals surface area contributed by atoms with Gasteiger partial charge in [-0.25, -0.2) is 0 Å². The quantitative estimate of drug-likeness (QED) is 0.286. The van der Waals surface area contributed by atoms with Gasteiger partial charge in [-0.15, -0.1) is 21.5 Å². The third kappa shape index (κ3) is 4.99. The van der Waals surface area contributed by atoms with Crippen LogP contribution in [0.1, 0.15) is 83.2 Å². The molecule has 7 rings (SSSR count). The molecule has 1 aliphatic carbocycles. The number of benzene rings is 2. The van der Waals surface area contributed by atoms with E-state index in [9.17, 15) is 22.8 Å². The van der Waals surface area contributed by atoms with Gasteiger partial charge < -0.3 is 9.80 Å². The van der Waals surface area contributed by atoms with Crippen LogP contribution in [-0.4, -0.2) is 58.0 Å². The minimum Gasteiger partial charge on any atom is -0.339 e. The summed E-state index contributed by atoms with van der Waals surface area (Å²) in [6.45, 7) is 10.3. The molecule has 45 heavy (non-hydrogen) atoms. The number of nitrogens with zero attached hydrogens (tertiary/aromatic N) is 5. The lowest BCUT2D eigenvalue weighted by Crippen LogP contribution is -2.41. The molecule has 2 atom stereocenters. The van der Waals surface area contributed by atoms with E-state index in [2.05, 4.69) is 28.6 Å². The lowest BCUT2D eigenvalue weighted by Gasteiger charge is -2.45. The zero-order valence-corrected chi connectivity index (χ0v) is 26.3. The zero-order valence-electron chi connectivity index (χ0n) is 25.4. The normalized spacial score (nSPS) is 27.2. The maximum absolute atomic E-state index is 14.6. The van der Waals surface area contributed by atoms with E-state index in [1.165, 1.54) is 28.4 Å². The average molecular weight is 636 g/mol. The molecule has 0 radical (unpaired) electrons. The number of carbonyl (C=O) groups excluding carboxylic acids is 2. The van der Waals surface area contributed by atoms with Crippen LogP contribution in [0.2, 0.25) is 0 Å². The minimum atomic E-state index is -4.61. The average Bonchev–Trinajstić information content (AvgIpc) is 3.82. The van der Waals surface area contributed by atoms with Gasteiger partial charge in [-0.05, 0) is 92.1 Å². The van der Waals surface area contributed by atoms with E-state index in [0.29, 0.717) is 36.8 Å². The molecule has 7 nitrogen and oxygen atoms in total. The molecule has 1 saturated carbocycles. The summed E-state index contributed by atoms with van der Waals surface area (Å²) in [5.41, 5.74) is 2.82. The number of likely N-dealkylation sites (tertiary alicyclic amines) is 2. The van der Waals surface area contributed by atoms with Crippen molar-refractivity contribution in [2.75, 3.05) is 31.1 Å². The SMILES string of the molecule is C=CC(=O)N1CC[C@]2(CCN(C(C)c3cc4c(c(C(F)(F)F)c3)CN(c3cccc(C5(c6nncs6)CC(C)C5)c3)C4=O)C2)C1. The number of halogens is 3. The van der Waals surface area contributed by atoms with Gasteiger partial charge in [0.1, 0.15) is 10.5 Å². The molecule has 2 saturated heterocycles. The van der Waals surface area contributed by atoms with Crippen molar-refractivity contribution in [1.82, 2.24) is 20.0 Å². The number of carbonyl (C=O) groups is 2. The first kappa shape index (κ1) is 30.1. The van der Waals surface area contributed by atoms with Crippen molar-refractivity contribution in [2.45, 2.75) is 63.7 Å². The molecule has 2 amide bonds. The van der Waals surface area contributed by atoms with E-state index in [1.54, 1.807) is 17.6 Å². The molecule has 0 bridgehead atoms. The second kappa shape index (κ2) is 10.8. The summed E-state index contributed by atoms with van der Waals surface area (Å²) in [7, 11) is 0. The van der Waals surface area contributed by atoms with E-state index in [-0.39, 0.29) is 40.5 Å². The number of aromatic nitrogens is 2. The first-order valence-electron chi connectivity index (χ1n) is 15.5. The fraction of sp³-hybridized carbons (Fsp3) is 0.471. The molecular formula is C34H36F3N5O2S. The Kier molecular flexibility index (Phi) is 7.20. The maximum atomic E-state index is 14.6. The Morgan fingerprint density at radius 1 is 1.16 bits per heavy atom. The Morgan fingerprint density at radius 2 is 1.93 bits per heavy atom. The monoisotopic (exact) mass is 635 g/mol. The van der Waals surface area contributed by atoms with Crippen LogP contribution in [0.3, 0.4) is 0 Å². The van der Waals surface area contributed by atoms with Crippen molar-refractivity contribution in [3.05, 3.63) is 87.4 Å². The van der Waals surface area contributed by atoms with E-state index in [4.69, 9.17) is 0 Å². The fourth-order valence-electron chi connectivity index (χ4n) is 8.25. The molecule has 4 heterocycles. The summed E-state index contributed by atoms with van der Waals surface area (Å²) in [6.07, 6.45) is 0.262. The van der Waals surface area contributed by atoms with Gasteiger partial charge in [0.15, 0.2) is 0 Å². The number of alkyl halides is 3. The van der Waals surface area contributed by atoms with Gasteiger partial charge in [-0.3, -0.25) is 14.5 Å². The highest BCUT2D eigenvalue weighted by atomic mass is 32.1. The van der Waals surface area contributed by atoms with E-state index in [1.807, 2.05) is 30.0 Å². The number of amides is 2. The van der Waals surface area contributed by atoms with Gasteiger partial charge >= 0.3 is 6.18 Å². The van der Waals surface area contributed by atoms with Gasteiger partial charge in [0.2, 0.25) is 5.91 Å². The van der Waals surface area contributed by atoms with Crippen molar-refractivity contribution in [1.29, 1.82) is 0 Å².